The summed E-state index contributed by atoms with van der Waals surface area (Å²) in [4.78, 5) is 25.1. The molecule has 0 aliphatic heterocycles. The van der Waals surface area contributed by atoms with E-state index in [9.17, 15) is 9.59 Å². The second kappa shape index (κ2) is 11.2. The van der Waals surface area contributed by atoms with Crippen LogP contribution in [0.25, 0.3) is 11.1 Å². The van der Waals surface area contributed by atoms with Crippen molar-refractivity contribution in [3.05, 3.63) is 113 Å². The van der Waals surface area contributed by atoms with Crippen LogP contribution in [0.1, 0.15) is 42.7 Å². The van der Waals surface area contributed by atoms with Crippen molar-refractivity contribution in [1.82, 2.24) is 0 Å². The van der Waals surface area contributed by atoms with Crippen molar-refractivity contribution in [3.8, 4) is 22.6 Å². The second-order valence-corrected chi connectivity index (χ2v) is 9.66. The molecule has 4 aromatic rings. The van der Waals surface area contributed by atoms with E-state index in [1.807, 2.05) is 73.7 Å². The van der Waals surface area contributed by atoms with Crippen LogP contribution in [0.3, 0.4) is 0 Å². The topological polar surface area (TPSA) is 105 Å². The van der Waals surface area contributed by atoms with Gasteiger partial charge in [-0.2, -0.15) is 0 Å². The quantitative estimate of drug-likeness (QED) is 0.278. The van der Waals surface area contributed by atoms with Crippen LogP contribution in [0.15, 0.2) is 89.8 Å². The number of primary amides is 2. The van der Waals surface area contributed by atoms with Gasteiger partial charge in [0.15, 0.2) is 0 Å². The third kappa shape index (κ3) is 5.78. The number of hydrogen-bond acceptors (Lipinski definition) is 5. The lowest BCUT2D eigenvalue weighted by molar-refractivity contribution is 0.0990. The summed E-state index contributed by atoms with van der Waals surface area (Å²) < 4.78 is 10.7. The summed E-state index contributed by atoms with van der Waals surface area (Å²) in [6.07, 6.45) is 0. The molecular formula is C30H28N2O4S. The molecule has 4 N–H and O–H groups in total. The summed E-state index contributed by atoms with van der Waals surface area (Å²) in [5.74, 6) is 0.484. The Bertz CT molecular complexity index is 1390. The molecule has 0 fully saturated rings. The second-order valence-electron chi connectivity index (χ2n) is 8.51. The molecule has 0 saturated heterocycles. The highest BCUT2D eigenvalue weighted by Gasteiger charge is 2.21. The Labute approximate surface area is 220 Å². The fraction of sp³-hybridized carbons (Fsp3) is 0.133. The van der Waals surface area contributed by atoms with E-state index in [-0.39, 0.29) is 5.25 Å². The van der Waals surface area contributed by atoms with Gasteiger partial charge in [-0.15, -0.1) is 11.8 Å². The Balaban J connectivity index is 1.78. The van der Waals surface area contributed by atoms with Gasteiger partial charge >= 0.3 is 0 Å². The van der Waals surface area contributed by atoms with E-state index < -0.39 is 11.8 Å². The van der Waals surface area contributed by atoms with Crippen LogP contribution in [-0.2, 0) is 0 Å². The number of carbonyl (C=O) groups is 2. The maximum absolute atomic E-state index is 12.6. The highest BCUT2D eigenvalue weighted by molar-refractivity contribution is 7.99. The molecule has 6 nitrogen and oxygen atoms in total. The Morgan fingerprint density at radius 3 is 1.78 bits per heavy atom. The SMILES string of the molecule is COc1ccc(C(Sc2ccc(-c3cc(C(N)=O)ccc3C)cc2C(N)=O)c2ccc(OC)cc2)cc1. The number of aryl methyl sites for hydroxylation is 1. The molecule has 188 valence electrons. The van der Waals surface area contributed by atoms with Crippen molar-refractivity contribution in [3.63, 3.8) is 0 Å². The number of rotatable bonds is 9. The zero-order chi connectivity index (χ0) is 26.5. The van der Waals surface area contributed by atoms with Crippen molar-refractivity contribution in [2.45, 2.75) is 17.1 Å². The fourth-order valence-corrected chi connectivity index (χ4v) is 5.37. The number of nitrogens with two attached hydrogens (primary N) is 2. The van der Waals surface area contributed by atoms with Gasteiger partial charge in [0.05, 0.1) is 25.0 Å². The van der Waals surface area contributed by atoms with Gasteiger partial charge in [0.25, 0.3) is 0 Å². The van der Waals surface area contributed by atoms with Crippen molar-refractivity contribution < 1.29 is 19.1 Å². The van der Waals surface area contributed by atoms with Crippen molar-refractivity contribution in [2.24, 2.45) is 11.5 Å². The molecule has 0 atom stereocenters. The molecule has 0 aliphatic rings. The molecule has 4 aromatic carbocycles. The molecule has 0 bridgehead atoms. The van der Waals surface area contributed by atoms with Crippen molar-refractivity contribution in [2.75, 3.05) is 14.2 Å². The highest BCUT2D eigenvalue weighted by Crippen LogP contribution is 2.43. The lowest BCUT2D eigenvalue weighted by atomic mass is 9.96. The lowest BCUT2D eigenvalue weighted by Crippen LogP contribution is -2.13. The van der Waals surface area contributed by atoms with E-state index in [1.165, 1.54) is 11.8 Å². The van der Waals surface area contributed by atoms with E-state index in [1.54, 1.807) is 32.4 Å². The van der Waals surface area contributed by atoms with Gasteiger partial charge in [-0.3, -0.25) is 9.59 Å². The molecular weight excluding hydrogens is 484 g/mol. The van der Waals surface area contributed by atoms with E-state index in [2.05, 4.69) is 0 Å². The van der Waals surface area contributed by atoms with E-state index in [4.69, 9.17) is 20.9 Å². The minimum atomic E-state index is -0.531. The normalized spacial score (nSPS) is 10.8. The van der Waals surface area contributed by atoms with Gasteiger partial charge in [-0.1, -0.05) is 36.4 Å². The largest absolute Gasteiger partial charge is 0.497 e. The Hall–Kier alpha value is -4.23. The highest BCUT2D eigenvalue weighted by atomic mass is 32.2. The number of amides is 2. The molecule has 0 heterocycles. The zero-order valence-electron chi connectivity index (χ0n) is 20.9. The molecule has 0 spiro atoms. The van der Waals surface area contributed by atoms with Crippen molar-refractivity contribution >= 4 is 23.6 Å². The Morgan fingerprint density at radius 1 is 0.730 bits per heavy atom. The minimum Gasteiger partial charge on any atom is -0.497 e. The van der Waals surface area contributed by atoms with Crippen LogP contribution in [-0.4, -0.2) is 26.0 Å². The lowest BCUT2D eigenvalue weighted by Gasteiger charge is -2.20. The van der Waals surface area contributed by atoms with Gasteiger partial charge in [-0.05, 0) is 83.3 Å². The monoisotopic (exact) mass is 512 g/mol. The standard InChI is InChI=1S/C30H28N2O4S/c1-18-4-5-22(29(31)33)17-25(18)21-10-15-27(26(16-21)30(32)34)37-28(19-6-11-23(35-2)12-7-19)20-8-13-24(36-3)14-9-20/h4-17,28H,1-3H3,(H2,31,33)(H2,32,34). The molecule has 0 aromatic heterocycles. The molecule has 7 heteroatoms. The van der Waals surface area contributed by atoms with Gasteiger partial charge in [0.2, 0.25) is 11.8 Å². The average Bonchev–Trinajstić information content (AvgIpc) is 2.92. The third-order valence-electron chi connectivity index (χ3n) is 6.16. The average molecular weight is 513 g/mol. The summed E-state index contributed by atoms with van der Waals surface area (Å²) >= 11 is 1.54. The predicted octanol–water partition coefficient (Wildman–Crippen LogP) is 5.76. The van der Waals surface area contributed by atoms with E-state index >= 15 is 0 Å². The van der Waals surface area contributed by atoms with E-state index in [0.717, 1.165) is 44.2 Å². The van der Waals surface area contributed by atoms with Crippen LogP contribution in [0.2, 0.25) is 0 Å². The number of carbonyl (C=O) groups excluding carboxylic acids is 2. The number of methoxy groups -OCH3 is 2. The summed E-state index contributed by atoms with van der Waals surface area (Å²) in [5.41, 5.74) is 16.8. The smallest absolute Gasteiger partial charge is 0.249 e. The molecule has 4 rings (SSSR count). The van der Waals surface area contributed by atoms with Crippen LogP contribution in [0.4, 0.5) is 0 Å². The summed E-state index contributed by atoms with van der Waals surface area (Å²) in [6.45, 7) is 1.94. The van der Waals surface area contributed by atoms with E-state index in [0.29, 0.717) is 11.1 Å². The predicted molar refractivity (Wildman–Crippen MR) is 147 cm³/mol. The summed E-state index contributed by atoms with van der Waals surface area (Å²) in [6, 6.07) is 26.6. The number of ether oxygens (including phenoxy) is 2. The fourth-order valence-electron chi connectivity index (χ4n) is 4.09. The minimum absolute atomic E-state index is 0.124. The first-order valence-corrected chi connectivity index (χ1v) is 12.5. The summed E-state index contributed by atoms with van der Waals surface area (Å²) in [5, 5.41) is -0.124. The Kier molecular flexibility index (Phi) is 7.84. The Morgan fingerprint density at radius 2 is 1.30 bits per heavy atom. The molecule has 0 saturated carbocycles. The molecule has 0 aliphatic carbocycles. The zero-order valence-corrected chi connectivity index (χ0v) is 21.7. The van der Waals surface area contributed by atoms with Gasteiger partial charge in [0, 0.05) is 10.5 Å². The van der Waals surface area contributed by atoms with Crippen LogP contribution in [0, 0.1) is 6.92 Å². The molecule has 0 unspecified atom stereocenters. The number of thioether (sulfide) groups is 1. The first-order valence-electron chi connectivity index (χ1n) is 11.6. The number of benzene rings is 4. The molecule has 2 amide bonds. The van der Waals surface area contributed by atoms with Gasteiger partial charge in [-0.25, -0.2) is 0 Å². The summed E-state index contributed by atoms with van der Waals surface area (Å²) in [7, 11) is 3.26. The van der Waals surface area contributed by atoms with Crippen molar-refractivity contribution in [1.29, 1.82) is 0 Å². The van der Waals surface area contributed by atoms with Crippen LogP contribution < -0.4 is 20.9 Å². The third-order valence-corrected chi connectivity index (χ3v) is 7.55. The maximum atomic E-state index is 12.6. The van der Waals surface area contributed by atoms with Crippen LogP contribution >= 0.6 is 11.8 Å². The first kappa shape index (κ1) is 25.9. The molecule has 37 heavy (non-hydrogen) atoms. The maximum Gasteiger partial charge on any atom is 0.249 e. The first-order chi connectivity index (χ1) is 17.8. The van der Waals surface area contributed by atoms with Gasteiger partial charge in [0.1, 0.15) is 11.5 Å². The van der Waals surface area contributed by atoms with Gasteiger partial charge < -0.3 is 20.9 Å². The molecule has 0 radical (unpaired) electrons. The van der Waals surface area contributed by atoms with Crippen LogP contribution in [0.5, 0.6) is 11.5 Å². The number of hydrogen-bond donors (Lipinski definition) is 2.